The van der Waals surface area contributed by atoms with E-state index in [4.69, 9.17) is 4.74 Å². The fourth-order valence-electron chi connectivity index (χ4n) is 7.58. The fraction of sp³-hybridized carbons (Fsp3) is 0.455. The second kappa shape index (κ2) is 10.5. The molecule has 0 saturated heterocycles. The molecular weight excluding hydrogens is 564 g/mol. The third-order valence-corrected chi connectivity index (χ3v) is 11.4. The second-order valence-electron chi connectivity index (χ2n) is 12.5. The number of benzene rings is 2. The lowest BCUT2D eigenvalue weighted by Crippen LogP contribution is -2.41. The first-order valence-electron chi connectivity index (χ1n) is 15.3. The molecule has 2 aliphatic carbocycles. The lowest BCUT2D eigenvalue weighted by atomic mass is 9.81. The number of nitrogens with one attached hydrogen (secondary N) is 2. The Hall–Kier alpha value is -3.63. The van der Waals surface area contributed by atoms with Crippen LogP contribution in [-0.2, 0) is 21.5 Å². The number of hydrogen-bond acceptors (Lipinski definition) is 5. The Bertz CT molecular complexity index is 1770. The van der Waals surface area contributed by atoms with E-state index < -0.39 is 21.5 Å². The van der Waals surface area contributed by atoms with E-state index in [1.807, 2.05) is 24.3 Å². The Morgan fingerprint density at radius 1 is 1.02 bits per heavy atom. The minimum atomic E-state index is -4.04. The molecule has 2 atom stereocenters. The van der Waals surface area contributed by atoms with Gasteiger partial charge in [0.15, 0.2) is 0 Å². The van der Waals surface area contributed by atoms with Gasteiger partial charge in [0.05, 0.1) is 18.2 Å². The zero-order chi connectivity index (χ0) is 29.9. The predicted molar refractivity (Wildman–Crippen MR) is 165 cm³/mol. The number of nitrogens with zero attached hydrogens (tertiary/aromatic N) is 2. The van der Waals surface area contributed by atoms with Crippen LogP contribution in [0.1, 0.15) is 78.3 Å². The molecule has 2 aromatic carbocycles. The van der Waals surface area contributed by atoms with E-state index in [1.165, 1.54) is 31.9 Å². The molecular formula is C33H38N4O5S. The van der Waals surface area contributed by atoms with Crippen LogP contribution < -0.4 is 14.8 Å². The van der Waals surface area contributed by atoms with Gasteiger partial charge >= 0.3 is 10.2 Å². The highest BCUT2D eigenvalue weighted by Gasteiger charge is 2.62. The molecule has 7 rings (SSSR count). The quantitative estimate of drug-likeness (QED) is 0.409. The number of carbonyl (C=O) groups is 2. The number of hydrogen-bond donors (Lipinski definition) is 2. The van der Waals surface area contributed by atoms with Gasteiger partial charge in [-0.15, -0.1) is 0 Å². The van der Waals surface area contributed by atoms with E-state index in [0.717, 1.165) is 57.0 Å². The van der Waals surface area contributed by atoms with Gasteiger partial charge < -0.3 is 14.6 Å². The van der Waals surface area contributed by atoms with E-state index in [9.17, 15) is 18.0 Å². The molecule has 10 heteroatoms. The summed E-state index contributed by atoms with van der Waals surface area (Å²) in [5.41, 5.74) is 5.14. The average molecular weight is 603 g/mol. The zero-order valence-electron chi connectivity index (χ0n) is 24.7. The maximum absolute atomic E-state index is 14.0. The van der Waals surface area contributed by atoms with Crippen LogP contribution in [0.25, 0.3) is 22.2 Å². The maximum Gasteiger partial charge on any atom is 0.304 e. The normalized spacial score (nSPS) is 25.9. The van der Waals surface area contributed by atoms with Crippen molar-refractivity contribution in [2.75, 3.05) is 27.2 Å². The molecule has 43 heavy (non-hydrogen) atoms. The molecule has 2 saturated carbocycles. The van der Waals surface area contributed by atoms with Crippen molar-refractivity contribution < 1.29 is 22.7 Å². The summed E-state index contributed by atoms with van der Waals surface area (Å²) in [6.45, 7) is 1.05. The smallest absolute Gasteiger partial charge is 0.304 e. The molecule has 2 unspecified atom stereocenters. The van der Waals surface area contributed by atoms with Crippen molar-refractivity contribution in [3.05, 3.63) is 65.2 Å². The Morgan fingerprint density at radius 3 is 2.63 bits per heavy atom. The molecule has 2 aliphatic heterocycles. The van der Waals surface area contributed by atoms with Gasteiger partial charge in [-0.1, -0.05) is 37.5 Å². The van der Waals surface area contributed by atoms with Crippen molar-refractivity contribution >= 4 is 32.9 Å². The fourth-order valence-corrected chi connectivity index (χ4v) is 8.37. The minimum Gasteiger partial charge on any atom is -0.497 e. The number of carbonyl (C=O) groups excluding carboxylic acids is 2. The van der Waals surface area contributed by atoms with Crippen molar-refractivity contribution in [2.45, 2.75) is 63.3 Å². The predicted octanol–water partition coefficient (Wildman–Crippen LogP) is 4.83. The lowest BCUT2D eigenvalue weighted by Gasteiger charge is -2.24. The summed E-state index contributed by atoms with van der Waals surface area (Å²) < 4.78 is 37.2. The third kappa shape index (κ3) is 4.66. The zero-order valence-corrected chi connectivity index (χ0v) is 25.5. The average Bonchev–Trinajstić information content (AvgIpc) is 3.68. The summed E-state index contributed by atoms with van der Waals surface area (Å²) in [4.78, 5) is 27.4. The third-order valence-electron chi connectivity index (χ3n) is 9.99. The Kier molecular flexibility index (Phi) is 6.89. The topological polar surface area (TPSA) is 110 Å². The summed E-state index contributed by atoms with van der Waals surface area (Å²) >= 11 is 0. The van der Waals surface area contributed by atoms with Gasteiger partial charge in [0.25, 0.3) is 5.91 Å². The largest absolute Gasteiger partial charge is 0.497 e. The van der Waals surface area contributed by atoms with Crippen molar-refractivity contribution in [3.63, 3.8) is 0 Å². The first-order valence-corrected chi connectivity index (χ1v) is 16.7. The molecule has 226 valence electrons. The van der Waals surface area contributed by atoms with Crippen LogP contribution in [0.2, 0.25) is 0 Å². The van der Waals surface area contributed by atoms with E-state index in [0.29, 0.717) is 25.4 Å². The minimum absolute atomic E-state index is 0.0338. The first-order chi connectivity index (χ1) is 20.7. The molecule has 2 N–H and O–H groups in total. The van der Waals surface area contributed by atoms with E-state index >= 15 is 0 Å². The van der Waals surface area contributed by atoms with Crippen LogP contribution in [0.5, 0.6) is 5.75 Å². The monoisotopic (exact) mass is 602 g/mol. The van der Waals surface area contributed by atoms with Crippen LogP contribution in [-0.4, -0.2) is 56.4 Å². The van der Waals surface area contributed by atoms with Crippen molar-refractivity contribution in [3.8, 4) is 17.0 Å². The molecule has 4 aliphatic rings. The van der Waals surface area contributed by atoms with Crippen LogP contribution in [0.3, 0.4) is 0 Å². The van der Waals surface area contributed by atoms with Crippen LogP contribution in [0.15, 0.2) is 48.6 Å². The highest BCUT2D eigenvalue weighted by molar-refractivity contribution is 7.87. The summed E-state index contributed by atoms with van der Waals surface area (Å²) in [5.74, 6) is 0.543. The number of likely N-dealkylation sites (N-methyl/N-ethyl adjacent to an activating group) is 1. The number of fused-ring (bicyclic) bond motifs is 4. The molecule has 2 amide bonds. The molecule has 0 radical (unpaired) electrons. The molecule has 4 bridgehead atoms. The summed E-state index contributed by atoms with van der Waals surface area (Å²) in [7, 11) is -0.943. The van der Waals surface area contributed by atoms with E-state index in [2.05, 4.69) is 26.7 Å². The molecule has 1 aromatic heterocycles. The Morgan fingerprint density at radius 2 is 1.84 bits per heavy atom. The lowest BCUT2D eigenvalue weighted by molar-refractivity contribution is -0.126. The van der Waals surface area contributed by atoms with Crippen molar-refractivity contribution in [1.82, 2.24) is 18.9 Å². The molecule has 3 aromatic rings. The van der Waals surface area contributed by atoms with Crippen LogP contribution in [0.4, 0.5) is 0 Å². The van der Waals surface area contributed by atoms with Gasteiger partial charge in [0, 0.05) is 54.6 Å². The Labute approximate surface area is 252 Å². The van der Waals surface area contributed by atoms with E-state index in [1.54, 1.807) is 19.3 Å². The number of rotatable bonds is 2. The number of amides is 2. The van der Waals surface area contributed by atoms with Crippen molar-refractivity contribution in [1.29, 1.82) is 0 Å². The number of ether oxygens (including phenoxy) is 1. The van der Waals surface area contributed by atoms with Crippen molar-refractivity contribution in [2.24, 2.45) is 5.41 Å². The summed E-state index contributed by atoms with van der Waals surface area (Å²) in [5, 5.41) is 4.25. The molecule has 3 heterocycles. The number of aromatic nitrogens is 1. The highest BCUT2D eigenvalue weighted by Crippen LogP contribution is 2.65. The summed E-state index contributed by atoms with van der Waals surface area (Å²) in [6, 6.07) is 11.7. The SMILES string of the molecule is COc1ccc2c(c1)C1CC13Cn1c-2c(C2CCCCC2)c2ccc(cc21)C(=O)NS(=O)(=O)N(C)CC=CCCNC3=O. The molecule has 2 fully saturated rings. The second-order valence-corrected chi connectivity index (χ2v) is 14.3. The number of methoxy groups -OCH3 is 1. The van der Waals surface area contributed by atoms with Gasteiger partial charge in [0.1, 0.15) is 5.75 Å². The summed E-state index contributed by atoms with van der Waals surface area (Å²) in [6.07, 6.45) is 10.6. The van der Waals surface area contributed by atoms with Gasteiger partial charge in [-0.05, 0) is 73.1 Å². The van der Waals surface area contributed by atoms with Gasteiger partial charge in [-0.3, -0.25) is 9.59 Å². The maximum atomic E-state index is 14.0. The molecule has 1 spiro atoms. The van der Waals surface area contributed by atoms with E-state index in [-0.39, 0.29) is 23.9 Å². The Balaban J connectivity index is 1.48. The van der Waals surface area contributed by atoms with Gasteiger partial charge in [-0.2, -0.15) is 12.7 Å². The van der Waals surface area contributed by atoms with Gasteiger partial charge in [0.2, 0.25) is 5.91 Å². The van der Waals surface area contributed by atoms with Crippen LogP contribution >= 0.6 is 0 Å². The first kappa shape index (κ1) is 28.2. The van der Waals surface area contributed by atoms with Crippen LogP contribution in [0, 0.1) is 5.41 Å². The van der Waals surface area contributed by atoms with Gasteiger partial charge in [-0.25, -0.2) is 4.72 Å². The highest BCUT2D eigenvalue weighted by atomic mass is 32.2. The standard InChI is InChI=1S/C33H38N4O5S/c1-36-16-8-4-7-15-34-32(39)33-19-27(33)26-18-23(42-2)12-14-24(26)30-29(21-9-5-3-6-10-21)25-13-11-22(17-28(25)37(30)20-33)31(38)35-43(36,40)41/h4,8,11-14,17-18,21,27H,3,5-7,9-10,15-16,19-20H2,1-2H3,(H,34,39)(H,35,38). The molecule has 9 nitrogen and oxygen atoms in total.